The van der Waals surface area contributed by atoms with Gasteiger partial charge in [0.2, 0.25) is 0 Å². The molecule has 0 amide bonds. The lowest BCUT2D eigenvalue weighted by atomic mass is 10.0. The van der Waals surface area contributed by atoms with Crippen LogP contribution in [0, 0.1) is 5.21 Å². The van der Waals surface area contributed by atoms with Gasteiger partial charge in [-0.3, -0.25) is 0 Å². The second kappa shape index (κ2) is 24.6. The highest BCUT2D eigenvalue weighted by Crippen LogP contribution is 2.15. The van der Waals surface area contributed by atoms with E-state index < -0.39 is 0 Å². The van der Waals surface area contributed by atoms with Crippen molar-refractivity contribution in [3.63, 3.8) is 0 Å². The van der Waals surface area contributed by atoms with Crippen molar-refractivity contribution in [2.75, 3.05) is 20.1 Å². The molecule has 0 heterocycles. The number of rotatable bonds is 26. The van der Waals surface area contributed by atoms with Gasteiger partial charge in [0, 0.05) is 0 Å². The fourth-order valence-corrected chi connectivity index (χ4v) is 4.69. The number of quaternary nitrogens is 1. The fourth-order valence-electron chi connectivity index (χ4n) is 4.69. The molecular weight excluding hydrogens is 378 g/mol. The Morgan fingerprint density at radius 1 is 0.355 bits per heavy atom. The average molecular weight is 440 g/mol. The molecular formula is C29H61NO. The number of nitrogens with zero attached hydrogens (tertiary/aromatic N) is 1. The van der Waals surface area contributed by atoms with Crippen LogP contribution < -0.4 is 0 Å². The van der Waals surface area contributed by atoms with Gasteiger partial charge in [-0.2, -0.15) is 0 Å². The van der Waals surface area contributed by atoms with Crippen LogP contribution in [-0.2, 0) is 0 Å². The second-order valence-electron chi connectivity index (χ2n) is 10.5. The number of unbranched alkanes of at least 4 members (excludes halogenated alkanes) is 22. The summed E-state index contributed by atoms with van der Waals surface area (Å²) in [5.41, 5.74) is 0. The molecule has 0 saturated heterocycles. The first-order chi connectivity index (χ1) is 15.1. The van der Waals surface area contributed by atoms with Crippen molar-refractivity contribution in [3.05, 3.63) is 5.21 Å². The highest BCUT2D eigenvalue weighted by atomic mass is 16.5. The Bertz CT molecular complexity index is 329. The van der Waals surface area contributed by atoms with E-state index in [2.05, 4.69) is 13.8 Å². The predicted octanol–water partition coefficient (Wildman–Crippen LogP) is 10.3. The topological polar surface area (TPSA) is 23.1 Å². The maximum Gasteiger partial charge on any atom is 0.0781 e. The third kappa shape index (κ3) is 26.1. The van der Waals surface area contributed by atoms with E-state index in [4.69, 9.17) is 0 Å². The first kappa shape index (κ1) is 30.9. The normalized spacial score (nSPS) is 13.5. The van der Waals surface area contributed by atoms with Gasteiger partial charge in [-0.1, -0.05) is 142 Å². The van der Waals surface area contributed by atoms with Crippen molar-refractivity contribution in [1.82, 2.24) is 0 Å². The molecule has 0 N–H and O–H groups in total. The van der Waals surface area contributed by atoms with Crippen molar-refractivity contribution >= 4 is 0 Å². The Morgan fingerprint density at radius 3 is 0.774 bits per heavy atom. The summed E-state index contributed by atoms with van der Waals surface area (Å²) in [6.07, 6.45) is 32.8. The monoisotopic (exact) mass is 439 g/mol. The molecule has 1 atom stereocenters. The summed E-state index contributed by atoms with van der Waals surface area (Å²) in [7, 11) is 1.90. The van der Waals surface area contributed by atoms with Gasteiger partial charge in [0.05, 0.1) is 20.1 Å². The quantitative estimate of drug-likeness (QED) is 0.0746. The smallest absolute Gasteiger partial charge is 0.0781 e. The van der Waals surface area contributed by atoms with E-state index in [9.17, 15) is 5.21 Å². The van der Waals surface area contributed by atoms with Crippen LogP contribution in [0.3, 0.4) is 0 Å². The van der Waals surface area contributed by atoms with Gasteiger partial charge >= 0.3 is 0 Å². The Morgan fingerprint density at radius 2 is 0.548 bits per heavy atom. The summed E-state index contributed by atoms with van der Waals surface area (Å²) in [5, 5.41) is 12.6. The zero-order valence-electron chi connectivity index (χ0n) is 22.2. The molecule has 0 aromatic carbocycles. The molecule has 0 aliphatic rings. The van der Waals surface area contributed by atoms with Crippen LogP contribution >= 0.6 is 0 Å². The molecule has 0 radical (unpaired) electrons. The minimum atomic E-state index is -0.00469. The largest absolute Gasteiger partial charge is 0.633 e. The summed E-state index contributed by atoms with van der Waals surface area (Å²) >= 11 is 0. The third-order valence-electron chi connectivity index (χ3n) is 6.97. The van der Waals surface area contributed by atoms with Gasteiger partial charge in [0.25, 0.3) is 0 Å². The van der Waals surface area contributed by atoms with Crippen molar-refractivity contribution in [2.24, 2.45) is 0 Å². The zero-order valence-corrected chi connectivity index (χ0v) is 22.2. The minimum absolute atomic E-state index is 0.00469. The molecule has 0 bridgehead atoms. The van der Waals surface area contributed by atoms with E-state index in [0.717, 1.165) is 25.9 Å². The molecule has 0 rings (SSSR count). The van der Waals surface area contributed by atoms with Gasteiger partial charge in [0.1, 0.15) is 0 Å². The molecule has 0 spiro atoms. The molecule has 188 valence electrons. The van der Waals surface area contributed by atoms with Gasteiger partial charge in [-0.05, 0) is 25.7 Å². The van der Waals surface area contributed by atoms with Crippen molar-refractivity contribution in [3.8, 4) is 0 Å². The Balaban J connectivity index is 3.28. The summed E-state index contributed by atoms with van der Waals surface area (Å²) in [6, 6.07) is 0. The van der Waals surface area contributed by atoms with Crippen LogP contribution in [0.2, 0.25) is 0 Å². The molecule has 2 heteroatoms. The van der Waals surface area contributed by atoms with Crippen LogP contribution in [0.4, 0.5) is 0 Å². The lowest BCUT2D eigenvalue weighted by Crippen LogP contribution is -2.39. The van der Waals surface area contributed by atoms with Crippen LogP contribution in [0.25, 0.3) is 0 Å². The number of hydrogen-bond donors (Lipinski definition) is 0. The summed E-state index contributed by atoms with van der Waals surface area (Å²) in [4.78, 5) is 0. The van der Waals surface area contributed by atoms with E-state index in [1.165, 1.54) is 141 Å². The van der Waals surface area contributed by atoms with E-state index in [1.54, 1.807) is 0 Å². The molecule has 1 unspecified atom stereocenters. The first-order valence-corrected chi connectivity index (χ1v) is 14.7. The Kier molecular flexibility index (Phi) is 24.5. The van der Waals surface area contributed by atoms with Crippen molar-refractivity contribution < 1.29 is 4.65 Å². The second-order valence-corrected chi connectivity index (χ2v) is 10.5. The molecule has 31 heavy (non-hydrogen) atoms. The molecule has 0 fully saturated rings. The van der Waals surface area contributed by atoms with Crippen LogP contribution in [-0.4, -0.2) is 24.8 Å². The molecule has 0 aliphatic heterocycles. The number of hydroxylamine groups is 3. The fraction of sp³-hybridized carbons (Fsp3) is 1.00. The van der Waals surface area contributed by atoms with Gasteiger partial charge in [-0.15, -0.1) is 0 Å². The Hall–Kier alpha value is -0.0800. The zero-order chi connectivity index (χ0) is 22.9. The minimum Gasteiger partial charge on any atom is -0.633 e. The van der Waals surface area contributed by atoms with E-state index in [-0.39, 0.29) is 4.65 Å². The maximum absolute atomic E-state index is 12.6. The molecule has 0 aromatic heterocycles. The average Bonchev–Trinajstić information content (AvgIpc) is 2.75. The summed E-state index contributed by atoms with van der Waals surface area (Å²) in [5.74, 6) is 0. The van der Waals surface area contributed by atoms with E-state index >= 15 is 0 Å². The summed E-state index contributed by atoms with van der Waals surface area (Å²) < 4.78 is -0.00469. The lowest BCUT2D eigenvalue weighted by Gasteiger charge is -2.39. The SMILES string of the molecule is CCCCCCCCCCCCCCCC[N+](C)([O-])CCCCCCCCCCCC. The Labute approximate surface area is 198 Å². The first-order valence-electron chi connectivity index (χ1n) is 14.7. The predicted molar refractivity (Wildman–Crippen MR) is 141 cm³/mol. The van der Waals surface area contributed by atoms with Gasteiger partial charge in [0.15, 0.2) is 0 Å². The van der Waals surface area contributed by atoms with Crippen LogP contribution in [0.5, 0.6) is 0 Å². The molecule has 0 saturated carbocycles. The maximum atomic E-state index is 12.6. The molecule has 0 aromatic rings. The third-order valence-corrected chi connectivity index (χ3v) is 6.97. The van der Waals surface area contributed by atoms with E-state index in [1.807, 2.05) is 7.05 Å². The lowest BCUT2D eigenvalue weighted by molar-refractivity contribution is -0.861. The van der Waals surface area contributed by atoms with Crippen LogP contribution in [0.15, 0.2) is 0 Å². The van der Waals surface area contributed by atoms with Gasteiger partial charge in [-0.25, -0.2) is 0 Å². The summed E-state index contributed by atoms with van der Waals surface area (Å²) in [6.45, 7) is 6.23. The van der Waals surface area contributed by atoms with Crippen molar-refractivity contribution in [1.29, 1.82) is 0 Å². The molecule has 0 aliphatic carbocycles. The number of hydrogen-bond acceptors (Lipinski definition) is 1. The van der Waals surface area contributed by atoms with E-state index in [0.29, 0.717) is 0 Å². The highest BCUT2D eigenvalue weighted by molar-refractivity contribution is 4.51. The van der Waals surface area contributed by atoms with Crippen LogP contribution in [0.1, 0.15) is 168 Å². The highest BCUT2D eigenvalue weighted by Gasteiger charge is 2.09. The standard InChI is InChI=1S/C29H61NO/c1-4-6-8-10-12-14-16-17-18-19-21-23-25-27-29-30(3,31)28-26-24-22-20-15-13-11-9-7-5-2/h4-29H2,1-3H3. The molecule has 2 nitrogen and oxygen atoms in total. The van der Waals surface area contributed by atoms with Crippen molar-refractivity contribution in [2.45, 2.75) is 168 Å². The van der Waals surface area contributed by atoms with Gasteiger partial charge < -0.3 is 9.85 Å².